The van der Waals surface area contributed by atoms with Gasteiger partial charge in [0.15, 0.2) is 0 Å². The van der Waals surface area contributed by atoms with Crippen molar-refractivity contribution in [3.8, 4) is 0 Å². The zero-order valence-electron chi connectivity index (χ0n) is 13.5. The van der Waals surface area contributed by atoms with Crippen LogP contribution in [0.15, 0.2) is 79.3 Å². The van der Waals surface area contributed by atoms with Gasteiger partial charge in [-0.25, -0.2) is 0 Å². The molecule has 4 nitrogen and oxygen atoms in total. The fourth-order valence-corrected chi connectivity index (χ4v) is 2.59. The van der Waals surface area contributed by atoms with Crippen molar-refractivity contribution in [1.82, 2.24) is 9.97 Å². The van der Waals surface area contributed by atoms with Crippen LogP contribution < -0.4 is 4.90 Å². The summed E-state index contributed by atoms with van der Waals surface area (Å²) in [5, 5.41) is 0. The Bertz CT molecular complexity index is 776. The van der Waals surface area contributed by atoms with Gasteiger partial charge in [-0.1, -0.05) is 36.4 Å². The maximum Gasteiger partial charge on any atom is 0.234 e. The van der Waals surface area contributed by atoms with E-state index in [1.54, 1.807) is 23.5 Å². The summed E-state index contributed by atoms with van der Waals surface area (Å²) in [6, 6.07) is 19.2. The zero-order chi connectivity index (χ0) is 16.8. The second-order valence-electron chi connectivity index (χ2n) is 5.58. The Morgan fingerprint density at radius 3 is 2.33 bits per heavy atom. The van der Waals surface area contributed by atoms with Crippen LogP contribution in [0.1, 0.15) is 24.1 Å². The van der Waals surface area contributed by atoms with E-state index in [2.05, 4.69) is 9.97 Å². The number of benzene rings is 1. The van der Waals surface area contributed by atoms with Crippen LogP contribution in [0.25, 0.3) is 0 Å². The van der Waals surface area contributed by atoms with Gasteiger partial charge in [-0.3, -0.25) is 14.8 Å². The first-order valence-corrected chi connectivity index (χ1v) is 7.92. The highest BCUT2D eigenvalue weighted by Gasteiger charge is 2.23. The predicted octanol–water partition coefficient (Wildman–Crippen LogP) is 3.81. The van der Waals surface area contributed by atoms with Gasteiger partial charge in [0, 0.05) is 24.3 Å². The molecule has 3 rings (SSSR count). The largest absolute Gasteiger partial charge is 0.306 e. The van der Waals surface area contributed by atoms with Crippen LogP contribution in [-0.4, -0.2) is 15.9 Å². The lowest BCUT2D eigenvalue weighted by Gasteiger charge is -2.26. The molecule has 0 fully saturated rings. The van der Waals surface area contributed by atoms with Crippen LogP contribution in [0.3, 0.4) is 0 Å². The molecule has 0 radical (unpaired) electrons. The molecular weight excluding hydrogens is 298 g/mol. The standard InChI is InChI=1S/C20H19N3O/c1-16(17-7-3-2-4-8-17)20(24)23(19-10-13-21-14-11-19)15-18-9-5-6-12-22-18/h2-14,16H,15H2,1H3/t16-/m0/s1. The lowest BCUT2D eigenvalue weighted by molar-refractivity contribution is -0.119. The van der Waals surface area contributed by atoms with Crippen LogP contribution in [0.4, 0.5) is 5.69 Å². The van der Waals surface area contributed by atoms with Gasteiger partial charge in [-0.2, -0.15) is 0 Å². The lowest BCUT2D eigenvalue weighted by Crippen LogP contribution is -2.34. The van der Waals surface area contributed by atoms with Crippen molar-refractivity contribution in [3.05, 3.63) is 90.5 Å². The van der Waals surface area contributed by atoms with Crippen molar-refractivity contribution < 1.29 is 4.79 Å². The number of amides is 1. The summed E-state index contributed by atoms with van der Waals surface area (Å²) < 4.78 is 0. The van der Waals surface area contributed by atoms with Gasteiger partial charge >= 0.3 is 0 Å². The molecule has 1 amide bonds. The number of carbonyl (C=O) groups excluding carboxylic acids is 1. The first-order chi connectivity index (χ1) is 11.8. The molecule has 0 spiro atoms. The van der Waals surface area contributed by atoms with Crippen LogP contribution in [0.5, 0.6) is 0 Å². The minimum Gasteiger partial charge on any atom is -0.306 e. The number of hydrogen-bond acceptors (Lipinski definition) is 3. The smallest absolute Gasteiger partial charge is 0.234 e. The van der Waals surface area contributed by atoms with E-state index in [1.165, 1.54) is 0 Å². The number of hydrogen-bond donors (Lipinski definition) is 0. The topological polar surface area (TPSA) is 46.1 Å². The van der Waals surface area contributed by atoms with Gasteiger partial charge in [-0.15, -0.1) is 0 Å². The molecular formula is C20H19N3O. The Hall–Kier alpha value is -3.01. The molecule has 0 aliphatic carbocycles. The number of rotatable bonds is 5. The van der Waals surface area contributed by atoms with Crippen molar-refractivity contribution in [3.63, 3.8) is 0 Å². The molecule has 0 bridgehead atoms. The minimum absolute atomic E-state index is 0.0399. The molecule has 2 aromatic heterocycles. The molecule has 1 atom stereocenters. The maximum atomic E-state index is 13.1. The summed E-state index contributed by atoms with van der Waals surface area (Å²) in [6.07, 6.45) is 5.13. The third-order valence-corrected chi connectivity index (χ3v) is 3.96. The molecule has 0 saturated heterocycles. The van der Waals surface area contributed by atoms with Crippen molar-refractivity contribution >= 4 is 11.6 Å². The Morgan fingerprint density at radius 1 is 0.958 bits per heavy atom. The number of nitrogens with zero attached hydrogens (tertiary/aromatic N) is 3. The molecule has 24 heavy (non-hydrogen) atoms. The summed E-state index contributed by atoms with van der Waals surface area (Å²) >= 11 is 0. The fourth-order valence-electron chi connectivity index (χ4n) is 2.59. The molecule has 0 saturated carbocycles. The van der Waals surface area contributed by atoms with Crippen LogP contribution in [0, 0.1) is 0 Å². The molecule has 120 valence electrons. The van der Waals surface area contributed by atoms with Gasteiger partial charge in [0.25, 0.3) is 0 Å². The summed E-state index contributed by atoms with van der Waals surface area (Å²) in [6.45, 7) is 2.37. The molecule has 0 aliphatic rings. The fraction of sp³-hybridized carbons (Fsp3) is 0.150. The van der Waals surface area contributed by atoms with Crippen molar-refractivity contribution in [2.24, 2.45) is 0 Å². The summed E-state index contributed by atoms with van der Waals surface area (Å²) in [7, 11) is 0. The van der Waals surface area contributed by atoms with E-state index in [9.17, 15) is 4.79 Å². The normalized spacial score (nSPS) is 11.7. The molecule has 0 aliphatic heterocycles. The van der Waals surface area contributed by atoms with Gasteiger partial charge < -0.3 is 4.90 Å². The summed E-state index contributed by atoms with van der Waals surface area (Å²) in [4.78, 5) is 23.3. The summed E-state index contributed by atoms with van der Waals surface area (Å²) in [5.74, 6) is -0.193. The highest BCUT2D eigenvalue weighted by molar-refractivity contribution is 5.97. The Labute approximate surface area is 141 Å². The number of aromatic nitrogens is 2. The first-order valence-electron chi connectivity index (χ1n) is 7.92. The van der Waals surface area contributed by atoms with E-state index in [1.807, 2.05) is 67.6 Å². The average Bonchev–Trinajstić information content (AvgIpc) is 2.67. The minimum atomic E-state index is -0.233. The van der Waals surface area contributed by atoms with Crippen LogP contribution in [0.2, 0.25) is 0 Å². The van der Waals surface area contributed by atoms with E-state index >= 15 is 0 Å². The Kier molecular flexibility index (Phi) is 4.96. The monoisotopic (exact) mass is 317 g/mol. The van der Waals surface area contributed by atoms with E-state index in [-0.39, 0.29) is 11.8 Å². The van der Waals surface area contributed by atoms with E-state index < -0.39 is 0 Å². The molecule has 3 aromatic rings. The van der Waals surface area contributed by atoms with Gasteiger partial charge in [-0.05, 0) is 36.8 Å². The van der Waals surface area contributed by atoms with Crippen molar-refractivity contribution in [2.45, 2.75) is 19.4 Å². The van der Waals surface area contributed by atoms with Crippen molar-refractivity contribution in [2.75, 3.05) is 4.90 Å². The molecule has 2 heterocycles. The second-order valence-corrected chi connectivity index (χ2v) is 5.58. The quantitative estimate of drug-likeness (QED) is 0.719. The molecule has 4 heteroatoms. The predicted molar refractivity (Wildman–Crippen MR) is 94.5 cm³/mol. The third kappa shape index (κ3) is 3.66. The van der Waals surface area contributed by atoms with E-state index in [0.29, 0.717) is 6.54 Å². The highest BCUT2D eigenvalue weighted by Crippen LogP contribution is 2.23. The summed E-state index contributed by atoms with van der Waals surface area (Å²) in [5.41, 5.74) is 2.67. The van der Waals surface area contributed by atoms with Gasteiger partial charge in [0.1, 0.15) is 0 Å². The maximum absolute atomic E-state index is 13.1. The number of carbonyl (C=O) groups is 1. The van der Waals surface area contributed by atoms with Crippen LogP contribution >= 0.6 is 0 Å². The molecule has 1 aromatic carbocycles. The van der Waals surface area contributed by atoms with Crippen LogP contribution in [-0.2, 0) is 11.3 Å². The molecule has 0 N–H and O–H groups in total. The first kappa shape index (κ1) is 15.9. The highest BCUT2D eigenvalue weighted by atomic mass is 16.2. The Balaban J connectivity index is 1.91. The van der Waals surface area contributed by atoms with Gasteiger partial charge in [0.05, 0.1) is 18.2 Å². The second kappa shape index (κ2) is 7.51. The third-order valence-electron chi connectivity index (χ3n) is 3.96. The molecule has 0 unspecified atom stereocenters. The zero-order valence-corrected chi connectivity index (χ0v) is 13.5. The van der Waals surface area contributed by atoms with E-state index in [4.69, 9.17) is 0 Å². The number of anilines is 1. The van der Waals surface area contributed by atoms with Gasteiger partial charge in [0.2, 0.25) is 5.91 Å². The average molecular weight is 317 g/mol. The number of pyridine rings is 2. The SMILES string of the molecule is C[C@H](C(=O)N(Cc1ccccn1)c1ccncc1)c1ccccc1. The Morgan fingerprint density at radius 2 is 1.67 bits per heavy atom. The lowest BCUT2D eigenvalue weighted by atomic mass is 9.99. The van der Waals surface area contributed by atoms with E-state index in [0.717, 1.165) is 16.9 Å². The van der Waals surface area contributed by atoms with Crippen molar-refractivity contribution in [1.29, 1.82) is 0 Å².